The average molecular weight is 620 g/mol. The van der Waals surface area contributed by atoms with Gasteiger partial charge in [0.1, 0.15) is 5.76 Å². The Morgan fingerprint density at radius 3 is 2.36 bits per heavy atom. The number of ether oxygens (including phenoxy) is 1. The van der Waals surface area contributed by atoms with Crippen LogP contribution in [0.25, 0.3) is 22.0 Å². The maximum Gasteiger partial charge on any atom is 0.416 e. The molecule has 45 heavy (non-hydrogen) atoms. The minimum absolute atomic E-state index is 0.0646. The van der Waals surface area contributed by atoms with Gasteiger partial charge >= 0.3 is 12.1 Å². The maximum absolute atomic E-state index is 13.5. The molecule has 0 bridgehead atoms. The Morgan fingerprint density at radius 1 is 1.04 bits per heavy atom. The molecule has 11 heteroatoms. The minimum Gasteiger partial charge on any atom is -0.494 e. The number of carbonyl (C=O) groups excluding carboxylic acids is 2. The van der Waals surface area contributed by atoms with E-state index in [1.807, 2.05) is 13.8 Å². The van der Waals surface area contributed by atoms with Crippen molar-refractivity contribution in [1.82, 2.24) is 15.3 Å². The first-order valence-electron chi connectivity index (χ1n) is 14.5. The van der Waals surface area contributed by atoms with Crippen LogP contribution in [0.4, 0.5) is 13.2 Å². The molecule has 0 atom stereocenters. The van der Waals surface area contributed by atoms with Crippen molar-refractivity contribution in [1.29, 1.82) is 0 Å². The lowest BCUT2D eigenvalue weighted by Gasteiger charge is -2.17. The highest BCUT2D eigenvalue weighted by molar-refractivity contribution is 6.10. The quantitative estimate of drug-likeness (QED) is 0.139. The molecule has 0 spiro atoms. The number of nitrogens with one attached hydrogen (secondary N) is 2. The van der Waals surface area contributed by atoms with Gasteiger partial charge in [0.15, 0.2) is 5.88 Å². The number of hydrogen-bond donors (Lipinski definition) is 3. The number of furan rings is 1. The van der Waals surface area contributed by atoms with Crippen molar-refractivity contribution in [3.05, 3.63) is 106 Å². The number of aromatic nitrogens is 2. The number of pyridine rings is 1. The van der Waals surface area contributed by atoms with E-state index in [0.717, 1.165) is 12.1 Å². The Morgan fingerprint density at radius 2 is 1.76 bits per heavy atom. The number of rotatable bonds is 10. The van der Waals surface area contributed by atoms with Crippen LogP contribution >= 0.6 is 0 Å². The number of nitrogens with zero attached hydrogens (tertiary/aromatic N) is 1. The Balaban J connectivity index is 1.59. The summed E-state index contributed by atoms with van der Waals surface area (Å²) in [4.78, 5) is 34.2. The largest absolute Gasteiger partial charge is 0.494 e. The number of fused-ring (bicyclic) bond motifs is 1. The number of amides is 1. The summed E-state index contributed by atoms with van der Waals surface area (Å²) in [6, 6.07) is 14.9. The zero-order chi connectivity index (χ0) is 32.3. The highest BCUT2D eigenvalue weighted by Gasteiger charge is 2.31. The predicted molar refractivity (Wildman–Crippen MR) is 162 cm³/mol. The highest BCUT2D eigenvalue weighted by atomic mass is 19.4. The van der Waals surface area contributed by atoms with Crippen LogP contribution in [0, 0.1) is 0 Å². The van der Waals surface area contributed by atoms with Crippen molar-refractivity contribution in [3.8, 4) is 17.0 Å². The molecule has 2 aromatic carbocycles. The van der Waals surface area contributed by atoms with E-state index in [9.17, 15) is 27.9 Å². The van der Waals surface area contributed by atoms with Gasteiger partial charge in [-0.15, -0.1) is 0 Å². The van der Waals surface area contributed by atoms with Crippen LogP contribution < -0.4 is 5.32 Å². The van der Waals surface area contributed by atoms with Gasteiger partial charge in [-0.3, -0.25) is 4.79 Å². The van der Waals surface area contributed by atoms with E-state index in [1.54, 1.807) is 43.3 Å². The van der Waals surface area contributed by atoms with Crippen molar-refractivity contribution < 1.29 is 37.0 Å². The molecule has 3 heterocycles. The fourth-order valence-corrected chi connectivity index (χ4v) is 5.21. The number of aromatic amines is 1. The normalized spacial score (nSPS) is 11.7. The lowest BCUT2D eigenvalue weighted by molar-refractivity contribution is -0.137. The summed E-state index contributed by atoms with van der Waals surface area (Å²) in [5, 5.41) is 14.2. The van der Waals surface area contributed by atoms with Crippen LogP contribution in [0.2, 0.25) is 0 Å². The van der Waals surface area contributed by atoms with Crippen molar-refractivity contribution in [2.75, 3.05) is 6.61 Å². The Hall–Kier alpha value is -5.06. The molecule has 3 N–H and O–H groups in total. The van der Waals surface area contributed by atoms with Gasteiger partial charge in [0, 0.05) is 16.8 Å². The van der Waals surface area contributed by atoms with Gasteiger partial charge in [-0.05, 0) is 73.2 Å². The van der Waals surface area contributed by atoms with E-state index >= 15 is 0 Å². The van der Waals surface area contributed by atoms with Crippen LogP contribution in [0.15, 0.2) is 71.3 Å². The van der Waals surface area contributed by atoms with E-state index in [4.69, 9.17) is 14.1 Å². The molecule has 3 aromatic heterocycles. The second kappa shape index (κ2) is 12.9. The molecular weight excluding hydrogens is 587 g/mol. The number of carbonyl (C=O) groups is 2. The zero-order valence-electron chi connectivity index (χ0n) is 24.9. The number of esters is 1. The van der Waals surface area contributed by atoms with Crippen molar-refractivity contribution in [2.24, 2.45) is 0 Å². The van der Waals surface area contributed by atoms with Crippen LogP contribution in [0.3, 0.4) is 0 Å². The summed E-state index contributed by atoms with van der Waals surface area (Å²) in [5.74, 6) is -0.615. The second-order valence-corrected chi connectivity index (χ2v) is 10.8. The van der Waals surface area contributed by atoms with Gasteiger partial charge in [-0.1, -0.05) is 38.1 Å². The molecule has 0 aliphatic heterocycles. The summed E-state index contributed by atoms with van der Waals surface area (Å²) < 4.78 is 50.0. The smallest absolute Gasteiger partial charge is 0.416 e. The Labute approximate surface area is 257 Å². The number of alkyl halides is 3. The molecule has 0 unspecified atom stereocenters. The zero-order valence-corrected chi connectivity index (χ0v) is 24.9. The lowest BCUT2D eigenvalue weighted by atomic mass is 9.92. The molecule has 5 rings (SSSR count). The average Bonchev–Trinajstić information content (AvgIpc) is 3.66. The fourth-order valence-electron chi connectivity index (χ4n) is 5.21. The van der Waals surface area contributed by atoms with Crippen LogP contribution in [-0.4, -0.2) is 33.6 Å². The summed E-state index contributed by atoms with van der Waals surface area (Å²) in [7, 11) is 0. The van der Waals surface area contributed by atoms with Gasteiger partial charge in [0.25, 0.3) is 5.91 Å². The summed E-state index contributed by atoms with van der Waals surface area (Å²) in [6.45, 7) is 5.84. The lowest BCUT2D eigenvalue weighted by Crippen LogP contribution is -2.22. The van der Waals surface area contributed by atoms with Gasteiger partial charge in [-0.25, -0.2) is 9.78 Å². The topological polar surface area (TPSA) is 117 Å². The van der Waals surface area contributed by atoms with Crippen LogP contribution in [0.5, 0.6) is 5.88 Å². The van der Waals surface area contributed by atoms with E-state index in [1.165, 1.54) is 18.4 Å². The highest BCUT2D eigenvalue weighted by Crippen LogP contribution is 2.42. The van der Waals surface area contributed by atoms with Gasteiger partial charge < -0.3 is 24.6 Å². The number of aryl methyl sites for hydroxylation is 2. The molecular formula is C34H32F3N3O5. The third-order valence-electron chi connectivity index (χ3n) is 7.44. The number of halogens is 3. The molecule has 0 aliphatic rings. The molecule has 0 radical (unpaired) electrons. The predicted octanol–water partition coefficient (Wildman–Crippen LogP) is 7.56. The van der Waals surface area contributed by atoms with Crippen molar-refractivity contribution in [2.45, 2.75) is 52.3 Å². The monoisotopic (exact) mass is 619 g/mol. The minimum atomic E-state index is -4.45. The molecule has 8 nitrogen and oxygen atoms in total. The molecule has 1 amide bonds. The molecule has 234 valence electrons. The summed E-state index contributed by atoms with van der Waals surface area (Å²) in [5.41, 5.74) is 2.80. The third kappa shape index (κ3) is 6.72. The SMILES string of the molecule is CCOC(=O)c1c(CCc2ccc(C(F)(F)F)cc2)nc2c(C(C)C)[nH]c(O)c2c1-c1ccc(C(=O)NCc2ccco2)cc1. The first-order chi connectivity index (χ1) is 21.5. The van der Waals surface area contributed by atoms with Gasteiger partial charge in [0.05, 0.1) is 47.1 Å². The summed E-state index contributed by atoms with van der Waals surface area (Å²) >= 11 is 0. The first-order valence-corrected chi connectivity index (χ1v) is 14.5. The van der Waals surface area contributed by atoms with Gasteiger partial charge in [0.2, 0.25) is 0 Å². The first kappa shape index (κ1) is 31.4. The molecule has 0 fully saturated rings. The Bertz CT molecular complexity index is 1810. The van der Waals surface area contributed by atoms with Crippen molar-refractivity contribution >= 4 is 22.8 Å². The molecule has 0 saturated carbocycles. The van der Waals surface area contributed by atoms with E-state index in [0.29, 0.717) is 56.7 Å². The molecule has 0 aliphatic carbocycles. The van der Waals surface area contributed by atoms with E-state index in [2.05, 4.69) is 10.3 Å². The summed E-state index contributed by atoms with van der Waals surface area (Å²) in [6.07, 6.45) is -2.42. The fraction of sp³-hybridized carbons (Fsp3) is 0.265. The van der Waals surface area contributed by atoms with Crippen LogP contribution in [0.1, 0.15) is 75.7 Å². The second-order valence-electron chi connectivity index (χ2n) is 10.8. The van der Waals surface area contributed by atoms with E-state index in [-0.39, 0.29) is 42.8 Å². The number of H-pyrrole nitrogens is 1. The van der Waals surface area contributed by atoms with Gasteiger partial charge in [-0.2, -0.15) is 13.2 Å². The number of hydrogen-bond acceptors (Lipinski definition) is 6. The Kier molecular flexibility index (Phi) is 8.99. The molecule has 5 aromatic rings. The number of aromatic hydroxyl groups is 1. The van der Waals surface area contributed by atoms with E-state index < -0.39 is 17.7 Å². The van der Waals surface area contributed by atoms with Crippen LogP contribution in [-0.2, 0) is 30.3 Å². The standard InChI is InChI=1S/C34H32F3N3O5/c1-4-44-33(43)27-25(16-9-20-7-14-23(15-8-20)34(35,36)37)39-30-28(32(42)40-29(30)19(2)3)26(27)21-10-12-22(13-11-21)31(41)38-18-24-6-5-17-45-24/h5-8,10-15,17,19,40,42H,4,9,16,18H2,1-3H3,(H,38,41). The van der Waals surface area contributed by atoms with Crippen molar-refractivity contribution in [3.63, 3.8) is 0 Å². The number of benzene rings is 2. The maximum atomic E-state index is 13.5. The third-order valence-corrected chi connectivity index (χ3v) is 7.44. The molecule has 0 saturated heterocycles.